The number of ether oxygens (including phenoxy) is 4. The molecule has 37 heavy (non-hydrogen) atoms. The van der Waals surface area contributed by atoms with E-state index in [9.17, 15) is 27.9 Å². The molecule has 0 fully saturated rings. The maximum Gasteiger partial charge on any atom is 0.392 e. The second-order valence-corrected chi connectivity index (χ2v) is 8.07. The van der Waals surface area contributed by atoms with Gasteiger partial charge >= 0.3 is 18.1 Å². The molecule has 0 radical (unpaired) electrons. The van der Waals surface area contributed by atoms with Crippen molar-refractivity contribution in [3.63, 3.8) is 0 Å². The van der Waals surface area contributed by atoms with Gasteiger partial charge in [-0.15, -0.1) is 0 Å². The number of unbranched alkanes of at least 4 members (excludes halogenated alkanes) is 3. The molecule has 2 aromatic rings. The van der Waals surface area contributed by atoms with Gasteiger partial charge in [-0.2, -0.15) is 13.2 Å². The standard InChI is InChI=1S/C27H31F3O7/c1-20(31)34-17-4-2-3-5-18-36-25(32)15-8-21-6-11-24(12-7-21)37-26(33)22-9-13-23(14-10-22)35-19-16-27(28,29)30/h6-15,25,32H,2-5,16-19H2,1H3/b15-8+. The number of carbonyl (C=O) groups is 2. The van der Waals surface area contributed by atoms with Gasteiger partial charge in [-0.3, -0.25) is 4.79 Å². The van der Waals surface area contributed by atoms with Gasteiger partial charge in [-0.25, -0.2) is 4.79 Å². The minimum atomic E-state index is -4.29. The van der Waals surface area contributed by atoms with E-state index in [1.54, 1.807) is 30.3 Å². The fraction of sp³-hybridized carbons (Fsp3) is 0.407. The summed E-state index contributed by atoms with van der Waals surface area (Å²) in [5.74, 6) is -0.381. The lowest BCUT2D eigenvalue weighted by Gasteiger charge is -2.09. The van der Waals surface area contributed by atoms with Gasteiger partial charge in [0.15, 0.2) is 6.29 Å². The summed E-state index contributed by atoms with van der Waals surface area (Å²) >= 11 is 0. The Balaban J connectivity index is 1.69. The van der Waals surface area contributed by atoms with Crippen LogP contribution in [-0.2, 0) is 14.3 Å². The van der Waals surface area contributed by atoms with Gasteiger partial charge in [0.05, 0.1) is 31.8 Å². The zero-order valence-electron chi connectivity index (χ0n) is 20.5. The Hall–Kier alpha value is -3.37. The van der Waals surface area contributed by atoms with E-state index in [2.05, 4.69) is 0 Å². The lowest BCUT2D eigenvalue weighted by atomic mass is 10.2. The number of aliphatic hydroxyl groups excluding tert-OH is 1. The number of rotatable bonds is 15. The van der Waals surface area contributed by atoms with Crippen molar-refractivity contribution >= 4 is 18.0 Å². The van der Waals surface area contributed by atoms with Crippen molar-refractivity contribution in [2.24, 2.45) is 0 Å². The van der Waals surface area contributed by atoms with Gasteiger partial charge in [-0.05, 0) is 67.3 Å². The Morgan fingerprint density at radius 2 is 1.51 bits per heavy atom. The number of halogens is 3. The van der Waals surface area contributed by atoms with Crippen LogP contribution < -0.4 is 9.47 Å². The minimum Gasteiger partial charge on any atom is -0.493 e. The van der Waals surface area contributed by atoms with Crippen LogP contribution in [0.4, 0.5) is 13.2 Å². The van der Waals surface area contributed by atoms with Gasteiger partial charge in [-0.1, -0.05) is 24.6 Å². The average Bonchev–Trinajstić information content (AvgIpc) is 2.84. The van der Waals surface area contributed by atoms with Crippen LogP contribution in [0.1, 0.15) is 54.9 Å². The Morgan fingerprint density at radius 1 is 0.892 bits per heavy atom. The molecule has 1 atom stereocenters. The van der Waals surface area contributed by atoms with Gasteiger partial charge in [0.25, 0.3) is 0 Å². The minimum absolute atomic E-state index is 0.219. The molecule has 2 rings (SSSR count). The Kier molecular flexibility index (Phi) is 12.7. The molecule has 0 spiro atoms. The molecule has 0 aliphatic carbocycles. The molecule has 1 N–H and O–H groups in total. The van der Waals surface area contributed by atoms with E-state index in [1.807, 2.05) is 0 Å². The fourth-order valence-corrected chi connectivity index (χ4v) is 3.01. The molecule has 1 unspecified atom stereocenters. The summed E-state index contributed by atoms with van der Waals surface area (Å²) in [6, 6.07) is 12.2. The van der Waals surface area contributed by atoms with Crippen molar-refractivity contribution in [3.05, 3.63) is 65.7 Å². The number of carbonyl (C=O) groups excluding carboxylic acids is 2. The summed E-state index contributed by atoms with van der Waals surface area (Å²) < 4.78 is 57.1. The smallest absolute Gasteiger partial charge is 0.392 e. The molecule has 0 bridgehead atoms. The zero-order chi connectivity index (χ0) is 27.1. The van der Waals surface area contributed by atoms with E-state index < -0.39 is 31.5 Å². The molecule has 7 nitrogen and oxygen atoms in total. The second-order valence-electron chi connectivity index (χ2n) is 8.07. The normalized spacial score (nSPS) is 12.4. The van der Waals surface area contributed by atoms with Crippen LogP contribution in [0.3, 0.4) is 0 Å². The average molecular weight is 525 g/mol. The summed E-state index contributed by atoms with van der Waals surface area (Å²) in [4.78, 5) is 23.0. The topological polar surface area (TPSA) is 91.3 Å². The highest BCUT2D eigenvalue weighted by Gasteiger charge is 2.26. The first kappa shape index (κ1) is 29.9. The van der Waals surface area contributed by atoms with Crippen LogP contribution in [0.15, 0.2) is 54.6 Å². The van der Waals surface area contributed by atoms with E-state index in [0.717, 1.165) is 31.2 Å². The largest absolute Gasteiger partial charge is 0.493 e. The molecule has 0 heterocycles. The highest BCUT2D eigenvalue weighted by atomic mass is 19.4. The third-order valence-corrected chi connectivity index (χ3v) is 4.92. The molecular formula is C27H31F3O7. The highest BCUT2D eigenvalue weighted by Crippen LogP contribution is 2.21. The predicted octanol–water partition coefficient (Wildman–Crippen LogP) is 5.71. The summed E-state index contributed by atoms with van der Waals surface area (Å²) in [6.45, 7) is 1.69. The van der Waals surface area contributed by atoms with E-state index in [1.165, 1.54) is 37.3 Å². The van der Waals surface area contributed by atoms with Crippen LogP contribution >= 0.6 is 0 Å². The molecule has 2 aromatic carbocycles. The summed E-state index contributed by atoms with van der Waals surface area (Å²) in [5, 5.41) is 9.92. The van der Waals surface area contributed by atoms with Gasteiger partial charge in [0.2, 0.25) is 0 Å². The quantitative estimate of drug-likeness (QED) is 0.138. The monoisotopic (exact) mass is 524 g/mol. The fourth-order valence-electron chi connectivity index (χ4n) is 3.01. The van der Waals surface area contributed by atoms with E-state index in [-0.39, 0.29) is 17.3 Å². The van der Waals surface area contributed by atoms with Gasteiger partial charge in [0, 0.05) is 6.92 Å². The lowest BCUT2D eigenvalue weighted by molar-refractivity contribution is -0.141. The van der Waals surface area contributed by atoms with Crippen molar-refractivity contribution < 1.29 is 46.8 Å². The second kappa shape index (κ2) is 15.7. The molecule has 0 saturated carbocycles. The van der Waals surface area contributed by atoms with Crippen molar-refractivity contribution in [2.75, 3.05) is 19.8 Å². The van der Waals surface area contributed by atoms with Crippen LogP contribution in [0.2, 0.25) is 0 Å². The number of esters is 2. The molecule has 0 amide bonds. The molecule has 202 valence electrons. The molecule has 0 aromatic heterocycles. The zero-order valence-corrected chi connectivity index (χ0v) is 20.5. The number of benzene rings is 2. The summed E-state index contributed by atoms with van der Waals surface area (Å²) in [6.07, 6.45) is 0.142. The van der Waals surface area contributed by atoms with E-state index >= 15 is 0 Å². The number of alkyl halides is 3. The van der Waals surface area contributed by atoms with Crippen LogP contribution in [0.5, 0.6) is 11.5 Å². The maximum atomic E-state index is 12.3. The highest BCUT2D eigenvalue weighted by molar-refractivity contribution is 5.91. The van der Waals surface area contributed by atoms with E-state index in [0.29, 0.717) is 19.0 Å². The van der Waals surface area contributed by atoms with Crippen molar-refractivity contribution in [2.45, 2.75) is 51.5 Å². The first-order chi connectivity index (χ1) is 17.6. The molecule has 0 saturated heterocycles. The van der Waals surface area contributed by atoms with Gasteiger partial charge in [0.1, 0.15) is 11.5 Å². The summed E-state index contributed by atoms with van der Waals surface area (Å²) in [5.41, 5.74) is 0.977. The summed E-state index contributed by atoms with van der Waals surface area (Å²) in [7, 11) is 0. The van der Waals surface area contributed by atoms with Crippen LogP contribution in [-0.4, -0.2) is 49.3 Å². The van der Waals surface area contributed by atoms with Crippen molar-refractivity contribution in [3.8, 4) is 11.5 Å². The van der Waals surface area contributed by atoms with Crippen molar-refractivity contribution in [1.29, 1.82) is 0 Å². The first-order valence-electron chi connectivity index (χ1n) is 11.9. The molecule has 0 aliphatic rings. The van der Waals surface area contributed by atoms with Gasteiger partial charge < -0.3 is 24.1 Å². The Bertz CT molecular complexity index is 987. The maximum absolute atomic E-state index is 12.3. The first-order valence-corrected chi connectivity index (χ1v) is 11.9. The molecular weight excluding hydrogens is 493 g/mol. The Morgan fingerprint density at radius 3 is 2.14 bits per heavy atom. The van der Waals surface area contributed by atoms with Crippen LogP contribution in [0, 0.1) is 0 Å². The Labute approximate surface area is 213 Å². The third kappa shape index (κ3) is 13.5. The number of aliphatic hydroxyl groups is 1. The SMILES string of the molecule is CC(=O)OCCCCCCOC(O)/C=C/c1ccc(OC(=O)c2ccc(OCCC(F)(F)F)cc2)cc1. The number of hydrogen-bond donors (Lipinski definition) is 1. The van der Waals surface area contributed by atoms with Crippen molar-refractivity contribution in [1.82, 2.24) is 0 Å². The van der Waals surface area contributed by atoms with E-state index in [4.69, 9.17) is 18.9 Å². The number of hydrogen-bond acceptors (Lipinski definition) is 7. The molecule has 0 aliphatic heterocycles. The molecule has 10 heteroatoms. The third-order valence-electron chi connectivity index (χ3n) is 4.92. The van der Waals surface area contributed by atoms with Crippen LogP contribution in [0.25, 0.3) is 6.08 Å². The predicted molar refractivity (Wildman–Crippen MR) is 130 cm³/mol. The lowest BCUT2D eigenvalue weighted by Crippen LogP contribution is -2.13.